The Kier molecular flexibility index (Phi) is 3.32. The molecular formula is C4H2O2S. The van der Waals surface area contributed by atoms with E-state index in [4.69, 9.17) is 0 Å². The minimum atomic E-state index is -0.0984. The summed E-state index contributed by atoms with van der Waals surface area (Å²) in [5, 5.41) is 0. The smallest absolute Gasteiger partial charge is 0.241 e. The molecule has 0 aromatic heterocycles. The molecule has 0 bridgehead atoms. The second-order valence-corrected chi connectivity index (χ2v) is 1.34. The predicted molar refractivity (Wildman–Crippen MR) is 28.6 cm³/mol. The molecule has 0 aromatic carbocycles. The Bertz CT molecular complexity index is 97.9. The predicted octanol–water partition coefficient (Wildman–Crippen LogP) is -0.0342. The van der Waals surface area contributed by atoms with Gasteiger partial charge in [0.15, 0.2) is 0 Å². The van der Waals surface area contributed by atoms with Crippen molar-refractivity contribution in [2.24, 2.45) is 0 Å². The molecule has 0 rings (SSSR count). The fourth-order valence-electron chi connectivity index (χ4n) is 0.102. The molecule has 0 fully saturated rings. The number of thiocarbonyl (C=S) groups is 1. The molecule has 0 spiro atoms. The Labute approximate surface area is 46.5 Å². The molecule has 7 heavy (non-hydrogen) atoms. The van der Waals surface area contributed by atoms with Crippen molar-refractivity contribution in [3.63, 3.8) is 0 Å². The average molecular weight is 114 g/mol. The Morgan fingerprint density at radius 3 is 2.29 bits per heavy atom. The van der Waals surface area contributed by atoms with Gasteiger partial charge in [-0.25, -0.2) is 0 Å². The molecule has 0 heterocycles. The van der Waals surface area contributed by atoms with E-state index in [-0.39, 0.29) is 11.3 Å². The summed E-state index contributed by atoms with van der Waals surface area (Å²) in [5.74, 6) is 0. The van der Waals surface area contributed by atoms with Crippen LogP contribution in [0.2, 0.25) is 0 Å². The van der Waals surface area contributed by atoms with Gasteiger partial charge < -0.3 is 0 Å². The van der Waals surface area contributed by atoms with Gasteiger partial charge in [0, 0.05) is 0 Å². The third kappa shape index (κ3) is 3.26. The molecule has 0 unspecified atom stereocenters. The number of carbonyl (C=O) groups excluding carboxylic acids is 2. The molecule has 0 aliphatic heterocycles. The van der Waals surface area contributed by atoms with Crippen molar-refractivity contribution < 1.29 is 9.59 Å². The van der Waals surface area contributed by atoms with Crippen LogP contribution in [-0.2, 0) is 9.59 Å². The number of rotatable bonds is 3. The number of hydrogen-bond acceptors (Lipinski definition) is 3. The van der Waals surface area contributed by atoms with Crippen molar-refractivity contribution in [1.82, 2.24) is 0 Å². The summed E-state index contributed by atoms with van der Waals surface area (Å²) in [7, 11) is 0. The second kappa shape index (κ2) is 3.61. The molecule has 0 aliphatic carbocycles. The Balaban J connectivity index is 3.36. The van der Waals surface area contributed by atoms with Crippen molar-refractivity contribution in [3.05, 3.63) is 0 Å². The first-order valence-electron chi connectivity index (χ1n) is 1.57. The average Bonchev–Trinajstić information content (AvgIpc) is 1.68. The van der Waals surface area contributed by atoms with Crippen LogP contribution in [0.3, 0.4) is 0 Å². The molecule has 0 N–H and O–H groups in total. The van der Waals surface area contributed by atoms with Crippen molar-refractivity contribution in [3.8, 4) is 0 Å². The highest BCUT2D eigenvalue weighted by atomic mass is 32.1. The summed E-state index contributed by atoms with van der Waals surface area (Å²) in [6, 6.07) is 0. The third-order valence-electron chi connectivity index (χ3n) is 0.347. The second-order valence-electron chi connectivity index (χ2n) is 0.846. The monoisotopic (exact) mass is 114 g/mol. The zero-order chi connectivity index (χ0) is 5.70. The molecule has 0 saturated carbocycles. The Morgan fingerprint density at radius 1 is 1.57 bits per heavy atom. The van der Waals surface area contributed by atoms with Crippen LogP contribution in [0, 0.1) is 0 Å². The molecule has 0 atom stereocenters. The van der Waals surface area contributed by atoms with Crippen LogP contribution in [0.15, 0.2) is 0 Å². The van der Waals surface area contributed by atoms with Crippen LogP contribution in [0.25, 0.3) is 0 Å². The lowest BCUT2D eigenvalue weighted by Crippen LogP contribution is -1.93. The maximum Gasteiger partial charge on any atom is 0.241 e. The molecule has 0 aliphatic rings. The molecule has 0 saturated heterocycles. The van der Waals surface area contributed by atoms with E-state index in [0.717, 1.165) is 0 Å². The highest BCUT2D eigenvalue weighted by Gasteiger charge is 1.90. The van der Waals surface area contributed by atoms with E-state index < -0.39 is 0 Å². The van der Waals surface area contributed by atoms with Gasteiger partial charge in [-0.05, 0) is 0 Å². The molecule has 3 heteroatoms. The molecule has 2 radical (unpaired) electrons. The zero-order valence-electron chi connectivity index (χ0n) is 3.43. The van der Waals surface area contributed by atoms with Crippen molar-refractivity contribution >= 4 is 29.7 Å². The largest absolute Gasteiger partial charge is 0.290 e. The van der Waals surface area contributed by atoms with Crippen LogP contribution in [0.4, 0.5) is 0 Å². The van der Waals surface area contributed by atoms with E-state index in [2.05, 4.69) is 12.2 Å². The molecule has 0 aromatic rings. The Hall–Kier alpha value is -0.570. The van der Waals surface area contributed by atoms with E-state index >= 15 is 0 Å². The van der Waals surface area contributed by atoms with Crippen LogP contribution < -0.4 is 0 Å². The molecule has 0 amide bonds. The van der Waals surface area contributed by atoms with Crippen LogP contribution in [0.5, 0.6) is 0 Å². The van der Waals surface area contributed by atoms with E-state index in [1.54, 1.807) is 0 Å². The lowest BCUT2D eigenvalue weighted by molar-refractivity contribution is 0.555. The van der Waals surface area contributed by atoms with Gasteiger partial charge in [0.05, 0.1) is 11.3 Å². The summed E-state index contributed by atoms with van der Waals surface area (Å²) >= 11 is 4.27. The van der Waals surface area contributed by atoms with Gasteiger partial charge in [-0.3, -0.25) is 9.59 Å². The fourth-order valence-corrected chi connectivity index (χ4v) is 0.161. The normalized spacial score (nSPS) is 7.43. The van der Waals surface area contributed by atoms with E-state index in [9.17, 15) is 9.59 Å². The lowest BCUT2D eigenvalue weighted by Gasteiger charge is -1.72. The van der Waals surface area contributed by atoms with Gasteiger partial charge in [-0.2, -0.15) is 0 Å². The zero-order valence-corrected chi connectivity index (χ0v) is 4.25. The standard InChI is InChI=1S/C4H2O2S/c5-2-1-4(7)3-6/h1H2. The topological polar surface area (TPSA) is 34.1 Å². The first kappa shape index (κ1) is 6.43. The van der Waals surface area contributed by atoms with Gasteiger partial charge >= 0.3 is 0 Å². The fraction of sp³-hybridized carbons (Fsp3) is 0.250. The third-order valence-corrected chi connectivity index (χ3v) is 0.574. The lowest BCUT2D eigenvalue weighted by atomic mass is 10.4. The minimum Gasteiger partial charge on any atom is -0.290 e. The maximum atomic E-state index is 9.45. The van der Waals surface area contributed by atoms with Gasteiger partial charge in [-0.1, -0.05) is 12.2 Å². The summed E-state index contributed by atoms with van der Waals surface area (Å²) < 4.78 is 0. The van der Waals surface area contributed by atoms with Crippen LogP contribution in [-0.4, -0.2) is 17.4 Å². The van der Waals surface area contributed by atoms with E-state index in [0.29, 0.717) is 0 Å². The highest BCUT2D eigenvalue weighted by Crippen LogP contribution is 1.74. The highest BCUT2D eigenvalue weighted by molar-refractivity contribution is 7.81. The quantitative estimate of drug-likeness (QED) is 0.483. The van der Waals surface area contributed by atoms with Crippen LogP contribution >= 0.6 is 12.2 Å². The van der Waals surface area contributed by atoms with E-state index in [1.165, 1.54) is 12.6 Å². The summed E-state index contributed by atoms with van der Waals surface area (Å²) in [4.78, 5) is 18.8. The van der Waals surface area contributed by atoms with Gasteiger partial charge in [0.2, 0.25) is 12.6 Å². The molecular weight excluding hydrogens is 112 g/mol. The minimum absolute atomic E-state index is 0.0185. The van der Waals surface area contributed by atoms with E-state index in [1.807, 2.05) is 0 Å². The van der Waals surface area contributed by atoms with Gasteiger partial charge in [0.25, 0.3) is 0 Å². The maximum absolute atomic E-state index is 9.45. The summed E-state index contributed by atoms with van der Waals surface area (Å²) in [6.07, 6.45) is 2.75. The molecule has 36 valence electrons. The van der Waals surface area contributed by atoms with Crippen molar-refractivity contribution in [1.29, 1.82) is 0 Å². The Morgan fingerprint density at radius 2 is 2.14 bits per heavy atom. The van der Waals surface area contributed by atoms with Gasteiger partial charge in [-0.15, -0.1) is 0 Å². The summed E-state index contributed by atoms with van der Waals surface area (Å²) in [6.45, 7) is 0. The van der Waals surface area contributed by atoms with Crippen molar-refractivity contribution in [2.75, 3.05) is 0 Å². The van der Waals surface area contributed by atoms with Crippen molar-refractivity contribution in [2.45, 2.75) is 6.42 Å². The first-order valence-corrected chi connectivity index (χ1v) is 1.98. The molecule has 2 nitrogen and oxygen atoms in total. The van der Waals surface area contributed by atoms with Crippen LogP contribution in [0.1, 0.15) is 6.42 Å². The van der Waals surface area contributed by atoms with Gasteiger partial charge in [0.1, 0.15) is 0 Å². The summed E-state index contributed by atoms with van der Waals surface area (Å²) in [5.41, 5.74) is 0. The number of hydrogen-bond donors (Lipinski definition) is 0. The SMILES string of the molecule is O=[C]CC(=S)[C]=O. The first-order chi connectivity index (χ1) is 3.31.